The fraction of sp³-hybridized carbons (Fsp3) is 0.350. The van der Waals surface area contributed by atoms with E-state index in [2.05, 4.69) is 10.2 Å². The van der Waals surface area contributed by atoms with Crippen molar-refractivity contribution < 1.29 is 13.2 Å². The molecule has 1 unspecified atom stereocenters. The van der Waals surface area contributed by atoms with Crippen molar-refractivity contribution in [2.45, 2.75) is 18.7 Å². The van der Waals surface area contributed by atoms with Crippen LogP contribution in [0.3, 0.4) is 0 Å². The lowest BCUT2D eigenvalue weighted by molar-refractivity contribution is -0.135. The molecule has 31 heavy (non-hydrogen) atoms. The smallest absolute Gasteiger partial charge is 0.245 e. The van der Waals surface area contributed by atoms with Crippen LogP contribution >= 0.6 is 23.6 Å². The number of thiophene rings is 1. The molecule has 1 amide bonds. The summed E-state index contributed by atoms with van der Waals surface area (Å²) in [7, 11) is -3.43. The van der Waals surface area contributed by atoms with Gasteiger partial charge in [-0.3, -0.25) is 14.5 Å². The Balaban J connectivity index is 1.43. The summed E-state index contributed by atoms with van der Waals surface area (Å²) in [4.78, 5) is 15.8. The van der Waals surface area contributed by atoms with Crippen LogP contribution in [-0.2, 0) is 20.6 Å². The molecule has 1 aliphatic heterocycles. The summed E-state index contributed by atoms with van der Waals surface area (Å²) in [5.74, 6) is 0.493. The zero-order valence-corrected chi connectivity index (χ0v) is 19.4. The topological polar surface area (TPSA) is 91.3 Å². The summed E-state index contributed by atoms with van der Waals surface area (Å²) in [6, 6.07) is 12.4. The van der Waals surface area contributed by atoms with E-state index in [0.29, 0.717) is 23.7 Å². The van der Waals surface area contributed by atoms with Crippen LogP contribution < -0.4 is 0 Å². The number of aromatic nitrogens is 3. The molecule has 1 N–H and O–H groups in total. The second-order valence-corrected chi connectivity index (χ2v) is 10.6. The monoisotopic (exact) mass is 477 g/mol. The minimum atomic E-state index is -3.43. The number of piperazine rings is 1. The summed E-state index contributed by atoms with van der Waals surface area (Å²) < 4.78 is 29.1. The zero-order valence-electron chi connectivity index (χ0n) is 17.0. The summed E-state index contributed by atoms with van der Waals surface area (Å²) in [6.45, 7) is 3.04. The Hall–Kier alpha value is -2.34. The minimum Gasteiger partial charge on any atom is -0.338 e. The third kappa shape index (κ3) is 4.64. The quantitative estimate of drug-likeness (QED) is 0.551. The van der Waals surface area contributed by atoms with Crippen LogP contribution in [0.25, 0.3) is 10.7 Å². The number of benzene rings is 1. The van der Waals surface area contributed by atoms with Crippen molar-refractivity contribution in [2.24, 2.45) is 0 Å². The third-order valence-electron chi connectivity index (χ3n) is 5.33. The van der Waals surface area contributed by atoms with Crippen LogP contribution in [0.1, 0.15) is 18.5 Å². The molecular weight excluding hydrogens is 454 g/mol. The molecule has 0 saturated carbocycles. The summed E-state index contributed by atoms with van der Waals surface area (Å²) in [6.07, 6.45) is 0. The van der Waals surface area contributed by atoms with E-state index in [1.165, 1.54) is 15.6 Å². The first kappa shape index (κ1) is 21.9. The molecule has 1 atom stereocenters. The average Bonchev–Trinajstić information content (AvgIpc) is 3.43. The second-order valence-electron chi connectivity index (χ2n) is 7.34. The fourth-order valence-electron chi connectivity index (χ4n) is 3.68. The first-order valence-corrected chi connectivity index (χ1v) is 12.8. The second kappa shape index (κ2) is 9.03. The first-order valence-electron chi connectivity index (χ1n) is 9.88. The van der Waals surface area contributed by atoms with Crippen molar-refractivity contribution >= 4 is 39.5 Å². The van der Waals surface area contributed by atoms with Gasteiger partial charge in [-0.2, -0.15) is 9.40 Å². The number of hydrogen-bond acceptors (Lipinski definition) is 6. The van der Waals surface area contributed by atoms with E-state index in [9.17, 15) is 13.2 Å². The minimum absolute atomic E-state index is 0.0352. The van der Waals surface area contributed by atoms with Crippen LogP contribution in [0, 0.1) is 4.77 Å². The van der Waals surface area contributed by atoms with E-state index in [1.807, 2.05) is 35.7 Å². The van der Waals surface area contributed by atoms with Crippen molar-refractivity contribution in [3.05, 3.63) is 58.2 Å². The molecule has 1 fully saturated rings. The number of amides is 1. The number of nitrogens with zero attached hydrogens (tertiary/aromatic N) is 4. The Bertz CT molecular complexity index is 1190. The molecule has 11 heteroatoms. The predicted molar refractivity (Wildman–Crippen MR) is 123 cm³/mol. The predicted octanol–water partition coefficient (Wildman–Crippen LogP) is 2.90. The van der Waals surface area contributed by atoms with Crippen LogP contribution in [0.4, 0.5) is 0 Å². The maximum Gasteiger partial charge on any atom is 0.245 e. The van der Waals surface area contributed by atoms with Crippen LogP contribution in [-0.4, -0.2) is 64.5 Å². The Morgan fingerprint density at radius 3 is 2.52 bits per heavy atom. The lowest BCUT2D eigenvalue weighted by Gasteiger charge is -2.35. The van der Waals surface area contributed by atoms with Gasteiger partial charge in [-0.1, -0.05) is 36.4 Å². The summed E-state index contributed by atoms with van der Waals surface area (Å²) in [5.41, 5.74) is 0.755. The Morgan fingerprint density at radius 2 is 1.87 bits per heavy atom. The van der Waals surface area contributed by atoms with Gasteiger partial charge >= 0.3 is 0 Å². The number of rotatable bonds is 6. The molecule has 1 saturated heterocycles. The SMILES string of the molecule is CC(C(=O)N1CCN(S(=O)(=O)Cc2ccccc2)CC1)n1c(-c2cccs2)n[nH]c1=S. The van der Waals surface area contributed by atoms with Gasteiger partial charge in [0.05, 0.1) is 10.6 Å². The Kier molecular flexibility index (Phi) is 6.37. The van der Waals surface area contributed by atoms with E-state index >= 15 is 0 Å². The van der Waals surface area contributed by atoms with Gasteiger partial charge < -0.3 is 4.90 Å². The standard InChI is InChI=1S/C20H23N5O3S3/c1-15(25-18(21-22-20(25)29)17-8-5-13-30-17)19(26)23-9-11-24(12-10-23)31(27,28)14-16-6-3-2-4-7-16/h2-8,13,15H,9-12,14H2,1H3,(H,22,29). The molecule has 1 aliphatic rings. The number of H-pyrrole nitrogens is 1. The number of aromatic amines is 1. The molecule has 0 spiro atoms. The summed E-state index contributed by atoms with van der Waals surface area (Å²) in [5, 5.41) is 9.01. The van der Waals surface area contributed by atoms with Gasteiger partial charge in [0.15, 0.2) is 10.6 Å². The van der Waals surface area contributed by atoms with Gasteiger partial charge in [0.1, 0.15) is 6.04 Å². The molecule has 4 rings (SSSR count). The van der Waals surface area contributed by atoms with Crippen LogP contribution in [0.15, 0.2) is 47.8 Å². The normalized spacial score (nSPS) is 16.4. The van der Waals surface area contributed by atoms with Crippen molar-refractivity contribution in [3.63, 3.8) is 0 Å². The lowest BCUT2D eigenvalue weighted by Crippen LogP contribution is -2.52. The molecule has 8 nitrogen and oxygen atoms in total. The van der Waals surface area contributed by atoms with E-state index in [4.69, 9.17) is 12.2 Å². The average molecular weight is 478 g/mol. The van der Waals surface area contributed by atoms with E-state index in [0.717, 1.165) is 10.4 Å². The van der Waals surface area contributed by atoms with Gasteiger partial charge in [-0.25, -0.2) is 8.42 Å². The highest BCUT2D eigenvalue weighted by Gasteiger charge is 2.32. The molecule has 0 bridgehead atoms. The van der Waals surface area contributed by atoms with Crippen molar-refractivity contribution in [1.29, 1.82) is 0 Å². The highest BCUT2D eigenvalue weighted by Crippen LogP contribution is 2.26. The third-order valence-corrected chi connectivity index (χ3v) is 8.33. The molecule has 1 aromatic carbocycles. The maximum absolute atomic E-state index is 13.2. The fourth-order valence-corrected chi connectivity index (χ4v) is 6.20. The van der Waals surface area contributed by atoms with E-state index in [1.54, 1.807) is 28.5 Å². The number of carbonyl (C=O) groups excluding carboxylic acids is 1. The molecule has 164 valence electrons. The van der Waals surface area contributed by atoms with Crippen molar-refractivity contribution in [3.8, 4) is 10.7 Å². The summed E-state index contributed by atoms with van der Waals surface area (Å²) >= 11 is 6.89. The molecule has 3 aromatic rings. The van der Waals surface area contributed by atoms with Crippen LogP contribution in [0.2, 0.25) is 0 Å². The van der Waals surface area contributed by atoms with Gasteiger partial charge in [-0.15, -0.1) is 11.3 Å². The van der Waals surface area contributed by atoms with Crippen LogP contribution in [0.5, 0.6) is 0 Å². The number of nitrogens with one attached hydrogen (secondary N) is 1. The van der Waals surface area contributed by atoms with E-state index in [-0.39, 0.29) is 24.7 Å². The van der Waals surface area contributed by atoms with E-state index < -0.39 is 16.1 Å². The van der Waals surface area contributed by atoms with Gasteiger partial charge in [0.2, 0.25) is 15.9 Å². The lowest BCUT2D eigenvalue weighted by atomic mass is 10.2. The van der Waals surface area contributed by atoms with Crippen molar-refractivity contribution in [2.75, 3.05) is 26.2 Å². The zero-order chi connectivity index (χ0) is 22.0. The largest absolute Gasteiger partial charge is 0.338 e. The first-order chi connectivity index (χ1) is 14.9. The Morgan fingerprint density at radius 1 is 1.16 bits per heavy atom. The molecule has 3 heterocycles. The maximum atomic E-state index is 13.2. The number of carbonyl (C=O) groups is 1. The number of hydrogen-bond donors (Lipinski definition) is 1. The van der Waals surface area contributed by atoms with Gasteiger partial charge in [-0.05, 0) is 36.2 Å². The van der Waals surface area contributed by atoms with Gasteiger partial charge in [0, 0.05) is 26.2 Å². The van der Waals surface area contributed by atoms with Gasteiger partial charge in [0.25, 0.3) is 0 Å². The Labute approximate surface area is 190 Å². The number of sulfonamides is 1. The van der Waals surface area contributed by atoms with Crippen molar-refractivity contribution in [1.82, 2.24) is 24.0 Å². The molecule has 0 aliphatic carbocycles. The molecule has 2 aromatic heterocycles. The molecular formula is C20H23N5O3S3. The molecule has 0 radical (unpaired) electrons. The highest BCUT2D eigenvalue weighted by molar-refractivity contribution is 7.88. The highest BCUT2D eigenvalue weighted by atomic mass is 32.2.